The maximum Gasteiger partial charge on any atom is 0.158 e. The van der Waals surface area contributed by atoms with Gasteiger partial charge >= 0.3 is 0 Å². The fourth-order valence-corrected chi connectivity index (χ4v) is 3.30. The van der Waals surface area contributed by atoms with E-state index in [1.165, 1.54) is 0 Å². The summed E-state index contributed by atoms with van der Waals surface area (Å²) in [7, 11) is 0. The highest BCUT2D eigenvalue weighted by Gasteiger charge is 2.32. The first-order valence-corrected chi connectivity index (χ1v) is 8.33. The monoisotopic (exact) mass is 336 g/mol. The zero-order valence-electron chi connectivity index (χ0n) is 14.2. The molecule has 1 fully saturated rings. The zero-order chi connectivity index (χ0) is 17.4. The van der Waals surface area contributed by atoms with E-state index in [0.717, 1.165) is 17.2 Å². The Morgan fingerprint density at radius 2 is 2.00 bits per heavy atom. The van der Waals surface area contributed by atoms with Gasteiger partial charge in [0.15, 0.2) is 5.82 Å². The molecule has 0 saturated carbocycles. The van der Waals surface area contributed by atoms with Gasteiger partial charge in [0.1, 0.15) is 11.4 Å². The molecule has 1 saturated heterocycles. The summed E-state index contributed by atoms with van der Waals surface area (Å²) in [6, 6.07) is 9.21. The number of aromatic nitrogens is 3. The lowest BCUT2D eigenvalue weighted by Gasteiger charge is -2.17. The third kappa shape index (κ3) is 3.00. The van der Waals surface area contributed by atoms with Crippen LogP contribution in [-0.2, 0) is 4.74 Å². The first kappa shape index (κ1) is 15.8. The predicted octanol–water partition coefficient (Wildman–Crippen LogP) is 3.38. The largest absolute Gasteiger partial charge is 0.507 e. The molecule has 1 unspecified atom stereocenters. The summed E-state index contributed by atoms with van der Waals surface area (Å²) in [5.41, 5.74) is 1.17. The fourth-order valence-electron chi connectivity index (χ4n) is 3.30. The summed E-state index contributed by atoms with van der Waals surface area (Å²) in [4.78, 5) is 4.23. The van der Waals surface area contributed by atoms with Crippen molar-refractivity contribution in [2.75, 3.05) is 11.9 Å². The molecule has 128 valence electrons. The van der Waals surface area contributed by atoms with E-state index < -0.39 is 0 Å². The van der Waals surface area contributed by atoms with Gasteiger partial charge in [0.2, 0.25) is 0 Å². The summed E-state index contributed by atoms with van der Waals surface area (Å²) in [5.74, 6) is 0.870. The number of fused-ring (bicyclic) bond motifs is 1. The average Bonchev–Trinajstić information content (AvgIpc) is 2.95. The lowest BCUT2D eigenvalue weighted by molar-refractivity contribution is 0.0363. The van der Waals surface area contributed by atoms with Gasteiger partial charge in [0.25, 0.3) is 0 Å². The average molecular weight is 336 g/mol. The third-order valence-corrected chi connectivity index (χ3v) is 4.49. The number of nitrogens with one attached hydrogen (secondary N) is 1. The minimum atomic E-state index is -0.130. The van der Waals surface area contributed by atoms with Crippen molar-refractivity contribution in [3.8, 4) is 17.0 Å². The van der Waals surface area contributed by atoms with Gasteiger partial charge in [-0.15, -0.1) is 10.2 Å². The molecule has 1 aliphatic rings. The molecule has 6 nitrogen and oxygen atoms in total. The van der Waals surface area contributed by atoms with Crippen LogP contribution in [0.1, 0.15) is 20.3 Å². The van der Waals surface area contributed by atoms with E-state index in [-0.39, 0.29) is 17.4 Å². The van der Waals surface area contributed by atoms with Crippen LogP contribution in [0.5, 0.6) is 5.75 Å². The fraction of sp³-hybridized carbons (Fsp3) is 0.316. The Hall–Kier alpha value is -2.73. The number of ether oxygens (including phenoxy) is 1. The number of benzene rings is 1. The smallest absolute Gasteiger partial charge is 0.158 e. The lowest BCUT2D eigenvalue weighted by Crippen LogP contribution is -2.23. The summed E-state index contributed by atoms with van der Waals surface area (Å²) in [6.45, 7) is 4.81. The standard InChI is InChI=1S/C19H20N4O2/c1-19(2)9-12(11-25-19)21-18-15-10-20-8-7-13(15)17(22-23-18)14-5-3-4-6-16(14)24/h3-8,10,12,24H,9,11H2,1-2H3,(H,21,23). The molecule has 1 aliphatic heterocycles. The maximum absolute atomic E-state index is 10.2. The van der Waals surface area contributed by atoms with E-state index >= 15 is 0 Å². The minimum Gasteiger partial charge on any atom is -0.507 e. The van der Waals surface area contributed by atoms with E-state index in [4.69, 9.17) is 4.74 Å². The van der Waals surface area contributed by atoms with Crippen molar-refractivity contribution in [2.45, 2.75) is 31.9 Å². The number of pyridine rings is 1. The van der Waals surface area contributed by atoms with Gasteiger partial charge in [-0.3, -0.25) is 4.98 Å². The Balaban J connectivity index is 1.76. The van der Waals surface area contributed by atoms with Crippen LogP contribution in [0, 0.1) is 0 Å². The Labute approximate surface area is 145 Å². The third-order valence-electron chi connectivity index (χ3n) is 4.49. The first-order valence-electron chi connectivity index (χ1n) is 8.33. The molecule has 25 heavy (non-hydrogen) atoms. The van der Waals surface area contributed by atoms with Crippen LogP contribution in [0.2, 0.25) is 0 Å². The molecule has 0 amide bonds. The summed E-state index contributed by atoms with van der Waals surface area (Å²) in [6.07, 6.45) is 4.40. The first-order chi connectivity index (χ1) is 12.0. The van der Waals surface area contributed by atoms with Crippen molar-refractivity contribution >= 4 is 16.6 Å². The van der Waals surface area contributed by atoms with E-state index in [2.05, 4.69) is 34.3 Å². The molecule has 4 rings (SSSR count). The quantitative estimate of drug-likeness (QED) is 0.763. The van der Waals surface area contributed by atoms with Crippen molar-refractivity contribution in [1.29, 1.82) is 0 Å². The Bertz CT molecular complexity index is 926. The molecule has 0 aliphatic carbocycles. The molecule has 0 bridgehead atoms. The molecule has 3 aromatic rings. The highest BCUT2D eigenvalue weighted by Crippen LogP contribution is 2.35. The normalized spacial score (nSPS) is 19.2. The highest BCUT2D eigenvalue weighted by atomic mass is 16.5. The van der Waals surface area contributed by atoms with Crippen LogP contribution in [0.4, 0.5) is 5.82 Å². The second-order valence-electron chi connectivity index (χ2n) is 6.95. The topological polar surface area (TPSA) is 80.2 Å². The van der Waals surface area contributed by atoms with E-state index in [0.29, 0.717) is 23.7 Å². The van der Waals surface area contributed by atoms with Gasteiger partial charge in [0, 0.05) is 28.7 Å². The Morgan fingerprint density at radius 1 is 1.16 bits per heavy atom. The number of hydrogen-bond donors (Lipinski definition) is 2. The number of aromatic hydroxyl groups is 1. The Morgan fingerprint density at radius 3 is 2.76 bits per heavy atom. The number of phenolic OH excluding ortho intramolecular Hbond substituents is 1. The van der Waals surface area contributed by atoms with E-state index in [9.17, 15) is 5.11 Å². The van der Waals surface area contributed by atoms with Crippen molar-refractivity contribution < 1.29 is 9.84 Å². The number of phenols is 1. The molecule has 1 atom stereocenters. The summed E-state index contributed by atoms with van der Waals surface area (Å²) >= 11 is 0. The van der Waals surface area contributed by atoms with Gasteiger partial charge in [-0.05, 0) is 38.5 Å². The Kier molecular flexibility index (Phi) is 3.77. The van der Waals surface area contributed by atoms with Gasteiger partial charge < -0.3 is 15.2 Å². The molecule has 2 N–H and O–H groups in total. The van der Waals surface area contributed by atoms with Gasteiger partial charge in [-0.25, -0.2) is 0 Å². The number of hydrogen-bond acceptors (Lipinski definition) is 6. The van der Waals surface area contributed by atoms with E-state index in [1.807, 2.05) is 18.2 Å². The van der Waals surface area contributed by atoms with Crippen molar-refractivity contribution in [1.82, 2.24) is 15.2 Å². The van der Waals surface area contributed by atoms with Crippen LogP contribution in [0.15, 0.2) is 42.7 Å². The molecule has 3 heterocycles. The van der Waals surface area contributed by atoms with Gasteiger partial charge in [0.05, 0.1) is 18.2 Å². The zero-order valence-corrected chi connectivity index (χ0v) is 14.2. The van der Waals surface area contributed by atoms with Crippen LogP contribution in [0.25, 0.3) is 22.0 Å². The van der Waals surface area contributed by atoms with Crippen molar-refractivity contribution in [3.63, 3.8) is 0 Å². The lowest BCUT2D eigenvalue weighted by atomic mass is 10.0. The molecule has 2 aromatic heterocycles. The summed E-state index contributed by atoms with van der Waals surface area (Å²) in [5, 5.41) is 24.1. The van der Waals surface area contributed by atoms with Crippen LogP contribution in [0.3, 0.4) is 0 Å². The molecule has 0 radical (unpaired) electrons. The highest BCUT2D eigenvalue weighted by molar-refractivity contribution is 6.00. The second-order valence-corrected chi connectivity index (χ2v) is 6.95. The molecular formula is C19H20N4O2. The van der Waals surface area contributed by atoms with Gasteiger partial charge in [-0.1, -0.05) is 12.1 Å². The molecule has 1 aromatic carbocycles. The molecular weight excluding hydrogens is 316 g/mol. The molecule has 0 spiro atoms. The SMILES string of the molecule is CC1(C)CC(Nc2nnc(-c3ccccc3O)c3ccncc23)CO1. The second kappa shape index (κ2) is 5.97. The number of para-hydroxylation sites is 1. The maximum atomic E-state index is 10.2. The van der Waals surface area contributed by atoms with Crippen molar-refractivity contribution in [3.05, 3.63) is 42.7 Å². The van der Waals surface area contributed by atoms with Crippen molar-refractivity contribution in [2.24, 2.45) is 0 Å². The minimum absolute atomic E-state index is 0.130. The van der Waals surface area contributed by atoms with Gasteiger partial charge in [-0.2, -0.15) is 0 Å². The number of rotatable bonds is 3. The van der Waals surface area contributed by atoms with Crippen LogP contribution < -0.4 is 5.32 Å². The molecule has 6 heteroatoms. The van der Waals surface area contributed by atoms with Crippen LogP contribution in [-0.4, -0.2) is 38.5 Å². The summed E-state index contributed by atoms with van der Waals surface area (Å²) < 4.78 is 5.79. The predicted molar refractivity (Wildman–Crippen MR) is 96.5 cm³/mol. The van der Waals surface area contributed by atoms with E-state index in [1.54, 1.807) is 24.5 Å². The number of nitrogens with zero attached hydrogens (tertiary/aromatic N) is 3. The number of anilines is 1. The van der Waals surface area contributed by atoms with Crippen LogP contribution >= 0.6 is 0 Å².